The zero-order valence-electron chi connectivity index (χ0n) is 9.78. The van der Waals surface area contributed by atoms with Crippen molar-refractivity contribution in [2.24, 2.45) is 0 Å². The van der Waals surface area contributed by atoms with Crippen LogP contribution in [0.5, 0.6) is 0 Å². The zero-order valence-corrected chi connectivity index (χ0v) is 11.4. The first-order chi connectivity index (χ1) is 7.66. The summed E-state index contributed by atoms with van der Waals surface area (Å²) < 4.78 is 1.01. The highest BCUT2D eigenvalue weighted by atomic mass is 79.9. The maximum Gasteiger partial charge on any atom is 0.140 e. The predicted octanol–water partition coefficient (Wildman–Crippen LogP) is 3.43. The molecule has 4 heteroatoms. The third kappa shape index (κ3) is 2.74. The maximum absolute atomic E-state index is 4.34. The van der Waals surface area contributed by atoms with Crippen LogP contribution in [0, 0.1) is 0 Å². The Labute approximate surface area is 105 Å². The van der Waals surface area contributed by atoms with Gasteiger partial charge < -0.3 is 5.43 Å². The van der Waals surface area contributed by atoms with E-state index in [0.717, 1.165) is 10.3 Å². The highest BCUT2D eigenvalue weighted by Gasteiger charge is 2.24. The summed E-state index contributed by atoms with van der Waals surface area (Å²) in [5.41, 5.74) is 3.41. The smallest absolute Gasteiger partial charge is 0.140 e. The molecule has 1 N–H and O–H groups in total. The standard InChI is InChI=1S/C12H18BrN3/c1-9-4-3-5-10(2)16(9)15-12-7-6-11(13)8-14-12/h6-10H,3-5H2,1-2H3,(H,14,15). The normalized spacial score (nSPS) is 26.7. The number of aromatic nitrogens is 1. The van der Waals surface area contributed by atoms with E-state index in [1.54, 1.807) is 0 Å². The molecule has 1 aliphatic rings. The quantitative estimate of drug-likeness (QED) is 0.901. The van der Waals surface area contributed by atoms with Gasteiger partial charge in [0.1, 0.15) is 5.82 Å². The van der Waals surface area contributed by atoms with E-state index in [0.29, 0.717) is 12.1 Å². The van der Waals surface area contributed by atoms with Crippen LogP contribution in [0.2, 0.25) is 0 Å². The van der Waals surface area contributed by atoms with Crippen molar-refractivity contribution in [3.8, 4) is 0 Å². The number of hydrogen-bond acceptors (Lipinski definition) is 3. The van der Waals surface area contributed by atoms with Crippen molar-refractivity contribution in [3.63, 3.8) is 0 Å². The molecule has 1 saturated heterocycles. The molecule has 1 fully saturated rings. The first-order valence-corrected chi connectivity index (χ1v) is 6.62. The van der Waals surface area contributed by atoms with Crippen LogP contribution in [0.3, 0.4) is 0 Å². The molecule has 2 heterocycles. The Balaban J connectivity index is 2.04. The summed E-state index contributed by atoms with van der Waals surface area (Å²) in [5.74, 6) is 0.920. The Hall–Kier alpha value is -0.610. The maximum atomic E-state index is 4.34. The van der Waals surface area contributed by atoms with Crippen LogP contribution in [0.1, 0.15) is 33.1 Å². The SMILES string of the molecule is CC1CCCC(C)N1Nc1ccc(Br)cn1. The molecule has 2 unspecified atom stereocenters. The Bertz CT molecular complexity index is 329. The molecule has 1 aliphatic heterocycles. The van der Waals surface area contributed by atoms with Gasteiger partial charge in [-0.2, -0.15) is 0 Å². The Morgan fingerprint density at radius 3 is 2.56 bits per heavy atom. The number of halogens is 1. The lowest BCUT2D eigenvalue weighted by Crippen LogP contribution is -2.47. The molecule has 1 aromatic rings. The van der Waals surface area contributed by atoms with Gasteiger partial charge in [-0.15, -0.1) is 0 Å². The van der Waals surface area contributed by atoms with E-state index in [4.69, 9.17) is 0 Å². The fourth-order valence-electron chi connectivity index (χ4n) is 2.22. The fourth-order valence-corrected chi connectivity index (χ4v) is 2.45. The van der Waals surface area contributed by atoms with Crippen molar-refractivity contribution in [2.75, 3.05) is 5.43 Å². The van der Waals surface area contributed by atoms with Gasteiger partial charge in [-0.3, -0.25) is 0 Å². The second kappa shape index (κ2) is 5.15. The molecule has 88 valence electrons. The Kier molecular flexibility index (Phi) is 3.82. The molecule has 1 aromatic heterocycles. The number of pyridine rings is 1. The van der Waals surface area contributed by atoms with Gasteiger partial charge in [0.05, 0.1) is 0 Å². The lowest BCUT2D eigenvalue weighted by Gasteiger charge is -2.39. The molecule has 0 radical (unpaired) electrons. The van der Waals surface area contributed by atoms with Crippen LogP contribution in [0.4, 0.5) is 5.82 Å². The number of piperidine rings is 1. The third-order valence-corrected chi connectivity index (χ3v) is 3.63. The van der Waals surface area contributed by atoms with E-state index < -0.39 is 0 Å². The van der Waals surface area contributed by atoms with E-state index in [2.05, 4.69) is 45.2 Å². The lowest BCUT2D eigenvalue weighted by molar-refractivity contribution is 0.135. The van der Waals surface area contributed by atoms with E-state index in [9.17, 15) is 0 Å². The molecule has 0 saturated carbocycles. The molecular weight excluding hydrogens is 266 g/mol. The summed E-state index contributed by atoms with van der Waals surface area (Å²) >= 11 is 3.39. The van der Waals surface area contributed by atoms with Gasteiger partial charge in [0.15, 0.2) is 0 Å². The monoisotopic (exact) mass is 283 g/mol. The molecule has 2 atom stereocenters. The minimum absolute atomic E-state index is 0.578. The van der Waals surface area contributed by atoms with E-state index >= 15 is 0 Å². The molecule has 0 spiro atoms. The summed E-state index contributed by atoms with van der Waals surface area (Å²) in [6, 6.07) is 5.16. The van der Waals surface area contributed by atoms with Crippen LogP contribution >= 0.6 is 15.9 Å². The number of anilines is 1. The summed E-state index contributed by atoms with van der Waals surface area (Å²) in [6.07, 6.45) is 5.66. The summed E-state index contributed by atoms with van der Waals surface area (Å²) in [5, 5.41) is 2.32. The molecule has 2 rings (SSSR count). The first-order valence-electron chi connectivity index (χ1n) is 5.83. The average Bonchev–Trinajstić information content (AvgIpc) is 2.26. The molecule has 0 aromatic carbocycles. The zero-order chi connectivity index (χ0) is 11.5. The number of hydrogen-bond donors (Lipinski definition) is 1. The minimum atomic E-state index is 0.578. The second-order valence-electron chi connectivity index (χ2n) is 4.51. The fraction of sp³-hybridized carbons (Fsp3) is 0.583. The van der Waals surface area contributed by atoms with Gasteiger partial charge >= 0.3 is 0 Å². The van der Waals surface area contributed by atoms with Crippen LogP contribution in [0.15, 0.2) is 22.8 Å². The molecule has 0 amide bonds. The van der Waals surface area contributed by atoms with Gasteiger partial charge in [-0.1, -0.05) is 6.42 Å². The van der Waals surface area contributed by atoms with Crippen LogP contribution in [-0.4, -0.2) is 22.1 Å². The third-order valence-electron chi connectivity index (χ3n) is 3.16. The lowest BCUT2D eigenvalue weighted by atomic mass is 10.00. The topological polar surface area (TPSA) is 28.2 Å². The average molecular weight is 284 g/mol. The molecule has 16 heavy (non-hydrogen) atoms. The molecule has 0 aliphatic carbocycles. The van der Waals surface area contributed by atoms with Crippen LogP contribution in [-0.2, 0) is 0 Å². The van der Waals surface area contributed by atoms with Gasteiger partial charge in [-0.05, 0) is 54.8 Å². The van der Waals surface area contributed by atoms with Crippen molar-refractivity contribution in [1.82, 2.24) is 9.99 Å². The van der Waals surface area contributed by atoms with E-state index in [1.165, 1.54) is 19.3 Å². The summed E-state index contributed by atoms with van der Waals surface area (Å²) in [6.45, 7) is 4.53. The van der Waals surface area contributed by atoms with Gasteiger partial charge in [0, 0.05) is 22.8 Å². The van der Waals surface area contributed by atoms with Crippen molar-refractivity contribution in [2.45, 2.75) is 45.2 Å². The number of nitrogens with zero attached hydrogens (tertiary/aromatic N) is 2. The summed E-state index contributed by atoms with van der Waals surface area (Å²) in [7, 11) is 0. The Morgan fingerprint density at radius 1 is 1.31 bits per heavy atom. The van der Waals surface area contributed by atoms with E-state index in [-0.39, 0.29) is 0 Å². The van der Waals surface area contributed by atoms with Crippen LogP contribution < -0.4 is 5.43 Å². The van der Waals surface area contributed by atoms with Gasteiger partial charge in [0.2, 0.25) is 0 Å². The van der Waals surface area contributed by atoms with Crippen LogP contribution in [0.25, 0.3) is 0 Å². The van der Waals surface area contributed by atoms with Crippen molar-refractivity contribution >= 4 is 21.7 Å². The molecule has 0 bridgehead atoms. The predicted molar refractivity (Wildman–Crippen MR) is 70.2 cm³/mol. The Morgan fingerprint density at radius 2 is 2.00 bits per heavy atom. The largest absolute Gasteiger partial charge is 0.303 e. The highest BCUT2D eigenvalue weighted by Crippen LogP contribution is 2.23. The van der Waals surface area contributed by atoms with Crippen molar-refractivity contribution < 1.29 is 0 Å². The number of rotatable bonds is 2. The van der Waals surface area contributed by atoms with Crippen molar-refractivity contribution in [1.29, 1.82) is 0 Å². The molecular formula is C12H18BrN3. The summed E-state index contributed by atoms with van der Waals surface area (Å²) in [4.78, 5) is 4.34. The van der Waals surface area contributed by atoms with Gasteiger partial charge in [0.25, 0.3) is 0 Å². The highest BCUT2D eigenvalue weighted by molar-refractivity contribution is 9.10. The second-order valence-corrected chi connectivity index (χ2v) is 5.43. The molecule has 3 nitrogen and oxygen atoms in total. The first kappa shape index (κ1) is 11.9. The van der Waals surface area contributed by atoms with E-state index in [1.807, 2.05) is 18.3 Å². The number of nitrogens with one attached hydrogen (secondary N) is 1. The van der Waals surface area contributed by atoms with Gasteiger partial charge in [-0.25, -0.2) is 9.99 Å². The van der Waals surface area contributed by atoms with Crippen molar-refractivity contribution in [3.05, 3.63) is 22.8 Å². The minimum Gasteiger partial charge on any atom is -0.303 e. The number of hydrazine groups is 1.